The molecule has 2 aromatic heterocycles. The van der Waals surface area contributed by atoms with E-state index in [2.05, 4.69) is 5.10 Å². The van der Waals surface area contributed by atoms with E-state index < -0.39 is 11.7 Å². The second kappa shape index (κ2) is 4.48. The summed E-state index contributed by atoms with van der Waals surface area (Å²) in [4.78, 5) is 11.5. The molecule has 0 bridgehead atoms. The summed E-state index contributed by atoms with van der Waals surface area (Å²) >= 11 is 0. The lowest BCUT2D eigenvalue weighted by atomic mass is 10.1. The molecule has 0 spiro atoms. The zero-order valence-electron chi connectivity index (χ0n) is 10.9. The maximum atomic E-state index is 13.9. The van der Waals surface area contributed by atoms with Gasteiger partial charge in [0.2, 0.25) is 0 Å². The summed E-state index contributed by atoms with van der Waals surface area (Å²) in [6.45, 7) is 0.501. The van der Waals surface area contributed by atoms with Gasteiger partial charge in [0.25, 0.3) is 5.91 Å². The molecule has 0 aliphatic heterocycles. The number of nitrogens with two attached hydrogens (primary N) is 1. The van der Waals surface area contributed by atoms with Crippen molar-refractivity contribution in [3.63, 3.8) is 0 Å². The maximum absolute atomic E-state index is 13.9. The molecule has 0 aliphatic carbocycles. The van der Waals surface area contributed by atoms with Gasteiger partial charge >= 0.3 is 0 Å². The molecule has 20 heavy (non-hydrogen) atoms. The number of benzene rings is 1. The minimum Gasteiger partial charge on any atom is -0.366 e. The molecule has 1 amide bonds. The van der Waals surface area contributed by atoms with E-state index in [0.717, 1.165) is 5.56 Å². The number of aryl methyl sites for hydroxylation is 1. The molecule has 1 aromatic carbocycles. The first-order chi connectivity index (χ1) is 9.56. The van der Waals surface area contributed by atoms with E-state index in [1.165, 1.54) is 6.07 Å². The normalized spacial score (nSPS) is 11.1. The zero-order chi connectivity index (χ0) is 14.3. The number of aromatic nitrogens is 3. The second-order valence-corrected chi connectivity index (χ2v) is 4.69. The Kier molecular flexibility index (Phi) is 2.78. The van der Waals surface area contributed by atoms with Crippen LogP contribution in [0.2, 0.25) is 0 Å². The predicted molar refractivity (Wildman–Crippen MR) is 72.7 cm³/mol. The van der Waals surface area contributed by atoms with Gasteiger partial charge in [-0.1, -0.05) is 6.07 Å². The number of fused-ring (bicyclic) bond motifs is 1. The van der Waals surface area contributed by atoms with Crippen LogP contribution in [-0.2, 0) is 13.6 Å². The van der Waals surface area contributed by atoms with Gasteiger partial charge in [-0.15, -0.1) is 0 Å². The number of halogens is 1. The SMILES string of the molecule is Cn1cc(Cn2cc(C(N)=O)c3c(F)cccc32)cn1. The Hall–Kier alpha value is -2.63. The Balaban J connectivity index is 2.16. The Morgan fingerprint density at radius 2 is 2.20 bits per heavy atom. The van der Waals surface area contributed by atoms with Gasteiger partial charge in [-0.05, 0) is 12.1 Å². The molecule has 0 radical (unpaired) electrons. The largest absolute Gasteiger partial charge is 0.366 e. The van der Waals surface area contributed by atoms with E-state index in [0.29, 0.717) is 12.1 Å². The van der Waals surface area contributed by atoms with Crippen molar-refractivity contribution in [2.75, 3.05) is 0 Å². The number of amides is 1. The van der Waals surface area contributed by atoms with E-state index in [4.69, 9.17) is 5.73 Å². The summed E-state index contributed by atoms with van der Waals surface area (Å²) in [6.07, 6.45) is 5.19. The Morgan fingerprint density at radius 1 is 1.40 bits per heavy atom. The fourth-order valence-electron chi connectivity index (χ4n) is 2.38. The van der Waals surface area contributed by atoms with Crippen molar-refractivity contribution in [3.8, 4) is 0 Å². The van der Waals surface area contributed by atoms with Crippen LogP contribution < -0.4 is 5.73 Å². The van der Waals surface area contributed by atoms with Crippen LogP contribution in [0.3, 0.4) is 0 Å². The van der Waals surface area contributed by atoms with Crippen LogP contribution in [0.4, 0.5) is 4.39 Å². The molecular weight excluding hydrogens is 259 g/mol. The van der Waals surface area contributed by atoms with Crippen LogP contribution in [0, 0.1) is 5.82 Å². The average molecular weight is 272 g/mol. The highest BCUT2D eigenvalue weighted by atomic mass is 19.1. The number of primary amides is 1. The molecule has 2 heterocycles. The summed E-state index contributed by atoms with van der Waals surface area (Å²) in [6, 6.07) is 4.70. The number of carbonyl (C=O) groups excluding carboxylic acids is 1. The lowest BCUT2D eigenvalue weighted by Crippen LogP contribution is -2.10. The topological polar surface area (TPSA) is 65.8 Å². The van der Waals surface area contributed by atoms with Crippen molar-refractivity contribution in [1.29, 1.82) is 0 Å². The highest BCUT2D eigenvalue weighted by molar-refractivity contribution is 6.06. The van der Waals surface area contributed by atoms with Gasteiger partial charge in [-0.3, -0.25) is 9.48 Å². The summed E-state index contributed by atoms with van der Waals surface area (Å²) in [5.41, 5.74) is 7.12. The van der Waals surface area contributed by atoms with Crippen LogP contribution in [-0.4, -0.2) is 20.3 Å². The second-order valence-electron chi connectivity index (χ2n) is 4.69. The average Bonchev–Trinajstić information content (AvgIpc) is 2.96. The first kappa shape index (κ1) is 12.4. The first-order valence-corrected chi connectivity index (χ1v) is 6.11. The van der Waals surface area contributed by atoms with Crippen LogP contribution in [0.25, 0.3) is 10.9 Å². The van der Waals surface area contributed by atoms with E-state index >= 15 is 0 Å². The molecular formula is C14H13FN4O. The van der Waals surface area contributed by atoms with Gasteiger partial charge in [-0.25, -0.2) is 4.39 Å². The molecule has 3 aromatic rings. The summed E-state index contributed by atoms with van der Waals surface area (Å²) in [7, 11) is 1.83. The fraction of sp³-hybridized carbons (Fsp3) is 0.143. The van der Waals surface area contributed by atoms with Crippen molar-refractivity contribution < 1.29 is 9.18 Å². The Labute approximate surface area is 114 Å². The standard InChI is InChI=1S/C14H13FN4O/c1-18-6-9(5-17-18)7-19-8-10(14(16)20)13-11(15)3-2-4-12(13)19/h2-6,8H,7H2,1H3,(H2,16,20). The van der Waals surface area contributed by atoms with Gasteiger partial charge in [0.1, 0.15) is 5.82 Å². The van der Waals surface area contributed by atoms with Crippen LogP contribution in [0.1, 0.15) is 15.9 Å². The van der Waals surface area contributed by atoms with Gasteiger partial charge < -0.3 is 10.3 Å². The van der Waals surface area contributed by atoms with Gasteiger partial charge in [0.15, 0.2) is 0 Å². The molecule has 0 saturated heterocycles. The number of hydrogen-bond donors (Lipinski definition) is 1. The van der Waals surface area contributed by atoms with Crippen LogP contribution in [0.15, 0.2) is 36.8 Å². The molecule has 5 nitrogen and oxygen atoms in total. The third-order valence-corrected chi connectivity index (χ3v) is 3.23. The molecule has 0 saturated carbocycles. The molecule has 0 unspecified atom stereocenters. The summed E-state index contributed by atoms with van der Waals surface area (Å²) < 4.78 is 17.4. The Bertz CT molecular complexity index is 803. The van der Waals surface area contributed by atoms with E-state index in [1.54, 1.807) is 33.8 Å². The van der Waals surface area contributed by atoms with Crippen molar-refractivity contribution in [2.45, 2.75) is 6.54 Å². The number of carbonyl (C=O) groups is 1. The third kappa shape index (κ3) is 1.95. The summed E-state index contributed by atoms with van der Waals surface area (Å²) in [5.74, 6) is -1.08. The highest BCUT2D eigenvalue weighted by Gasteiger charge is 2.16. The number of hydrogen-bond acceptors (Lipinski definition) is 2. The predicted octanol–water partition coefficient (Wildman–Crippen LogP) is 1.66. The molecule has 6 heteroatoms. The summed E-state index contributed by atoms with van der Waals surface area (Å²) in [5, 5.41) is 4.36. The van der Waals surface area contributed by atoms with Gasteiger partial charge in [0.05, 0.1) is 23.8 Å². The van der Waals surface area contributed by atoms with Crippen molar-refractivity contribution in [2.24, 2.45) is 12.8 Å². The van der Waals surface area contributed by atoms with Crippen LogP contribution in [0.5, 0.6) is 0 Å². The molecule has 3 rings (SSSR count). The molecule has 0 atom stereocenters. The van der Waals surface area contributed by atoms with Crippen molar-refractivity contribution in [3.05, 3.63) is 53.7 Å². The first-order valence-electron chi connectivity index (χ1n) is 6.11. The van der Waals surface area contributed by atoms with Gasteiger partial charge in [0, 0.05) is 30.4 Å². The molecule has 2 N–H and O–H groups in total. The molecule has 0 aliphatic rings. The minimum atomic E-state index is -0.634. The lowest BCUT2D eigenvalue weighted by molar-refractivity contribution is 0.100. The molecule has 102 valence electrons. The smallest absolute Gasteiger partial charge is 0.250 e. The number of nitrogens with zero attached hydrogens (tertiary/aromatic N) is 3. The fourth-order valence-corrected chi connectivity index (χ4v) is 2.38. The quantitative estimate of drug-likeness (QED) is 0.788. The Morgan fingerprint density at radius 3 is 2.85 bits per heavy atom. The van der Waals surface area contributed by atoms with E-state index in [9.17, 15) is 9.18 Å². The maximum Gasteiger partial charge on any atom is 0.250 e. The van der Waals surface area contributed by atoms with Crippen molar-refractivity contribution in [1.82, 2.24) is 14.3 Å². The van der Waals surface area contributed by atoms with E-state index in [-0.39, 0.29) is 10.9 Å². The van der Waals surface area contributed by atoms with Gasteiger partial charge in [-0.2, -0.15) is 5.10 Å². The third-order valence-electron chi connectivity index (χ3n) is 3.23. The van der Waals surface area contributed by atoms with E-state index in [1.807, 2.05) is 13.2 Å². The highest BCUT2D eigenvalue weighted by Crippen LogP contribution is 2.24. The van der Waals surface area contributed by atoms with Crippen LogP contribution >= 0.6 is 0 Å². The lowest BCUT2D eigenvalue weighted by Gasteiger charge is -2.02. The minimum absolute atomic E-state index is 0.196. The molecule has 0 fully saturated rings. The monoisotopic (exact) mass is 272 g/mol. The number of rotatable bonds is 3. The zero-order valence-corrected chi connectivity index (χ0v) is 10.9. The van der Waals surface area contributed by atoms with Crippen molar-refractivity contribution >= 4 is 16.8 Å².